The first-order valence-corrected chi connectivity index (χ1v) is 11.4. The average Bonchev–Trinajstić information content (AvgIpc) is 3.11. The highest BCUT2D eigenvalue weighted by Crippen LogP contribution is 2.46. The maximum absolute atomic E-state index is 11.2. The molecule has 4 rings (SSSR count). The molecule has 0 radical (unpaired) electrons. The van der Waals surface area contributed by atoms with Crippen LogP contribution in [0.15, 0.2) is 36.4 Å². The van der Waals surface area contributed by atoms with Gasteiger partial charge in [0.15, 0.2) is 0 Å². The minimum atomic E-state index is -0.731. The molecule has 32 heavy (non-hydrogen) atoms. The van der Waals surface area contributed by atoms with Crippen molar-refractivity contribution < 1.29 is 19.4 Å². The molecule has 2 heterocycles. The fraction of sp³-hybridized carbons (Fsp3) is 0.480. The number of carbonyl (C=O) groups is 1. The Morgan fingerprint density at radius 3 is 2.72 bits per heavy atom. The maximum Gasteiger partial charge on any atom is 0.307 e. The highest BCUT2D eigenvalue weighted by atomic mass is 35.5. The predicted molar refractivity (Wildman–Crippen MR) is 128 cm³/mol. The molecule has 1 atom stereocenters. The number of carboxylic acids is 1. The van der Waals surface area contributed by atoms with Gasteiger partial charge in [-0.2, -0.15) is 0 Å². The molecule has 1 saturated heterocycles. The molecule has 1 fully saturated rings. The highest BCUT2D eigenvalue weighted by Gasteiger charge is 2.43. The zero-order valence-corrected chi connectivity index (χ0v) is 20.2. The van der Waals surface area contributed by atoms with Gasteiger partial charge in [-0.25, -0.2) is 0 Å². The standard InChI is InChI=1S/C25H30ClNO4.ClH/c1-3-18-5-4-6-22(26)20(18)15-30-19-7-8-21-23(13-19)31-16-25(21)9-11-27(12-10-25)14-17(2)24(28)29;/h4-8,13,17H,3,9-12,14-16H2,1-2H3,(H,28,29);1H. The third-order valence-corrected chi connectivity index (χ3v) is 7.13. The van der Waals surface area contributed by atoms with E-state index < -0.39 is 5.97 Å². The number of nitrogens with zero attached hydrogens (tertiary/aromatic N) is 1. The molecule has 5 nitrogen and oxygen atoms in total. The van der Waals surface area contributed by atoms with Crippen LogP contribution in [0.25, 0.3) is 0 Å². The quantitative estimate of drug-likeness (QED) is 0.579. The second-order valence-corrected chi connectivity index (χ2v) is 9.19. The van der Waals surface area contributed by atoms with Crippen molar-refractivity contribution >= 4 is 30.0 Å². The Bertz CT molecular complexity index is 957. The van der Waals surface area contributed by atoms with Gasteiger partial charge in [0.1, 0.15) is 18.1 Å². The molecular formula is C25H31Cl2NO4. The van der Waals surface area contributed by atoms with Crippen LogP contribution >= 0.6 is 24.0 Å². The molecule has 0 bridgehead atoms. The number of aliphatic carboxylic acids is 1. The topological polar surface area (TPSA) is 59.0 Å². The number of hydrogen-bond donors (Lipinski definition) is 1. The van der Waals surface area contributed by atoms with Gasteiger partial charge in [-0.05, 0) is 50.0 Å². The lowest BCUT2D eigenvalue weighted by atomic mass is 9.74. The van der Waals surface area contributed by atoms with Crippen LogP contribution in [0.3, 0.4) is 0 Å². The number of aryl methyl sites for hydroxylation is 1. The van der Waals surface area contributed by atoms with Crippen LogP contribution in [0.5, 0.6) is 11.5 Å². The summed E-state index contributed by atoms with van der Waals surface area (Å²) in [4.78, 5) is 13.4. The van der Waals surface area contributed by atoms with Crippen LogP contribution in [0.2, 0.25) is 5.02 Å². The van der Waals surface area contributed by atoms with Gasteiger partial charge in [-0.1, -0.05) is 43.6 Å². The third-order valence-electron chi connectivity index (χ3n) is 6.78. The summed E-state index contributed by atoms with van der Waals surface area (Å²) < 4.78 is 12.2. The SMILES string of the molecule is CCc1cccc(Cl)c1COc1ccc2c(c1)OCC21CCN(CC(C)C(=O)O)CC1.Cl. The van der Waals surface area contributed by atoms with Gasteiger partial charge >= 0.3 is 5.97 Å². The van der Waals surface area contributed by atoms with Gasteiger partial charge in [0.05, 0.1) is 12.5 Å². The number of likely N-dealkylation sites (tertiary alicyclic amines) is 1. The Balaban J connectivity index is 0.00000289. The van der Waals surface area contributed by atoms with Crippen molar-refractivity contribution in [3.05, 3.63) is 58.1 Å². The maximum atomic E-state index is 11.2. The van der Waals surface area contributed by atoms with Gasteiger partial charge in [0.25, 0.3) is 0 Å². The summed E-state index contributed by atoms with van der Waals surface area (Å²) >= 11 is 6.38. The Kier molecular flexibility index (Phi) is 7.97. The van der Waals surface area contributed by atoms with Gasteiger partial charge in [0, 0.05) is 34.2 Å². The van der Waals surface area contributed by atoms with Crippen molar-refractivity contribution in [2.75, 3.05) is 26.2 Å². The smallest absolute Gasteiger partial charge is 0.307 e. The first kappa shape index (κ1) is 24.7. The predicted octanol–water partition coefficient (Wildman–Crippen LogP) is 5.35. The van der Waals surface area contributed by atoms with Crippen molar-refractivity contribution in [1.82, 2.24) is 4.90 Å². The van der Waals surface area contributed by atoms with Crippen molar-refractivity contribution in [3.8, 4) is 11.5 Å². The molecule has 174 valence electrons. The molecule has 7 heteroatoms. The van der Waals surface area contributed by atoms with Crippen molar-refractivity contribution in [1.29, 1.82) is 0 Å². The van der Waals surface area contributed by atoms with Crippen LogP contribution in [-0.4, -0.2) is 42.2 Å². The molecule has 0 amide bonds. The van der Waals surface area contributed by atoms with E-state index in [9.17, 15) is 4.79 Å². The lowest BCUT2D eigenvalue weighted by Crippen LogP contribution is -2.45. The second kappa shape index (κ2) is 10.3. The fourth-order valence-electron chi connectivity index (χ4n) is 4.74. The van der Waals surface area contributed by atoms with Crippen LogP contribution in [0.1, 0.15) is 43.4 Å². The second-order valence-electron chi connectivity index (χ2n) is 8.79. The summed E-state index contributed by atoms with van der Waals surface area (Å²) in [5.74, 6) is 0.614. The lowest BCUT2D eigenvalue weighted by molar-refractivity contribution is -0.141. The van der Waals surface area contributed by atoms with E-state index in [1.165, 1.54) is 11.1 Å². The number of rotatable bonds is 7. The molecule has 1 unspecified atom stereocenters. The summed E-state index contributed by atoms with van der Waals surface area (Å²) in [5.41, 5.74) is 3.51. The van der Waals surface area contributed by atoms with Crippen molar-refractivity contribution in [2.24, 2.45) is 5.92 Å². The highest BCUT2D eigenvalue weighted by molar-refractivity contribution is 6.31. The van der Waals surface area contributed by atoms with E-state index in [0.717, 1.165) is 54.4 Å². The molecule has 2 aromatic carbocycles. The summed E-state index contributed by atoms with van der Waals surface area (Å²) in [6, 6.07) is 12.1. The first-order chi connectivity index (χ1) is 14.9. The normalized spacial score (nSPS) is 17.8. The molecule has 0 aliphatic carbocycles. The zero-order valence-electron chi connectivity index (χ0n) is 18.6. The number of fused-ring (bicyclic) bond motifs is 2. The van der Waals surface area contributed by atoms with E-state index in [1.54, 1.807) is 6.92 Å². The van der Waals surface area contributed by atoms with Crippen molar-refractivity contribution in [2.45, 2.75) is 45.1 Å². The Morgan fingerprint density at radius 2 is 2.03 bits per heavy atom. The molecule has 0 saturated carbocycles. The number of benzene rings is 2. The third kappa shape index (κ3) is 5.00. The minimum absolute atomic E-state index is 0. The van der Waals surface area contributed by atoms with Crippen LogP contribution in [-0.2, 0) is 23.2 Å². The summed E-state index contributed by atoms with van der Waals surface area (Å²) in [5, 5.41) is 9.90. The lowest BCUT2D eigenvalue weighted by Gasteiger charge is -2.39. The number of hydrogen-bond acceptors (Lipinski definition) is 4. The van der Waals surface area contributed by atoms with Gasteiger partial charge in [0.2, 0.25) is 0 Å². The molecule has 2 aromatic rings. The minimum Gasteiger partial charge on any atom is -0.492 e. The number of ether oxygens (including phenoxy) is 2. The van der Waals surface area contributed by atoms with E-state index in [2.05, 4.69) is 24.0 Å². The van der Waals surface area contributed by atoms with Crippen LogP contribution in [0.4, 0.5) is 0 Å². The Morgan fingerprint density at radius 1 is 1.28 bits per heavy atom. The molecule has 0 aromatic heterocycles. The van der Waals surface area contributed by atoms with Crippen LogP contribution < -0.4 is 9.47 Å². The zero-order chi connectivity index (χ0) is 22.0. The van der Waals surface area contributed by atoms with Gasteiger partial charge < -0.3 is 19.5 Å². The number of halogens is 2. The monoisotopic (exact) mass is 479 g/mol. The number of piperidine rings is 1. The van der Waals surface area contributed by atoms with E-state index in [-0.39, 0.29) is 23.7 Å². The summed E-state index contributed by atoms with van der Waals surface area (Å²) in [6.07, 6.45) is 2.87. The molecule has 2 aliphatic heterocycles. The van der Waals surface area contributed by atoms with Crippen molar-refractivity contribution in [3.63, 3.8) is 0 Å². The first-order valence-electron chi connectivity index (χ1n) is 11.0. The van der Waals surface area contributed by atoms with E-state index in [4.69, 9.17) is 26.2 Å². The summed E-state index contributed by atoms with van der Waals surface area (Å²) in [6.45, 7) is 7.39. The molecule has 1 N–H and O–H groups in total. The summed E-state index contributed by atoms with van der Waals surface area (Å²) in [7, 11) is 0. The molecule has 1 spiro atoms. The van der Waals surface area contributed by atoms with Crippen LogP contribution in [0, 0.1) is 5.92 Å². The Labute approximate surface area is 201 Å². The largest absolute Gasteiger partial charge is 0.492 e. The molecule has 2 aliphatic rings. The fourth-order valence-corrected chi connectivity index (χ4v) is 4.99. The van der Waals surface area contributed by atoms with Gasteiger partial charge in [-0.15, -0.1) is 12.4 Å². The van der Waals surface area contributed by atoms with E-state index >= 15 is 0 Å². The Hall–Kier alpha value is -1.95. The average molecular weight is 480 g/mol. The molecular weight excluding hydrogens is 449 g/mol. The number of carboxylic acid groups (broad SMARTS) is 1. The van der Waals surface area contributed by atoms with E-state index in [1.807, 2.05) is 24.3 Å². The van der Waals surface area contributed by atoms with Gasteiger partial charge in [-0.3, -0.25) is 4.79 Å². The van der Waals surface area contributed by atoms with E-state index in [0.29, 0.717) is 19.8 Å².